The highest BCUT2D eigenvalue weighted by molar-refractivity contribution is 8.00. The van der Waals surface area contributed by atoms with Crippen molar-refractivity contribution in [1.82, 2.24) is 9.21 Å². The Balaban J connectivity index is 2.51. The molecule has 6 nitrogen and oxygen atoms in total. The minimum absolute atomic E-state index is 0.0241. The van der Waals surface area contributed by atoms with Gasteiger partial charge in [-0.25, -0.2) is 8.42 Å². The second-order valence-electron chi connectivity index (χ2n) is 4.78. The molecular weight excluding hydrogens is 310 g/mol. The van der Waals surface area contributed by atoms with Crippen molar-refractivity contribution >= 4 is 33.4 Å². The van der Waals surface area contributed by atoms with Crippen LogP contribution in [0.1, 0.15) is 0 Å². The van der Waals surface area contributed by atoms with Crippen LogP contribution in [0.5, 0.6) is 0 Å². The van der Waals surface area contributed by atoms with Gasteiger partial charge in [-0.1, -0.05) is 6.07 Å². The predicted molar refractivity (Wildman–Crippen MR) is 86.7 cm³/mol. The molecule has 2 N–H and O–H groups in total. The summed E-state index contributed by atoms with van der Waals surface area (Å²) in [4.78, 5) is 13.8. The summed E-state index contributed by atoms with van der Waals surface area (Å²) in [5.74, 6) is 0.139. The molecule has 0 saturated carbocycles. The number of rotatable bonds is 7. The predicted octanol–water partition coefficient (Wildman–Crippen LogP) is 0.711. The maximum absolute atomic E-state index is 12.1. The summed E-state index contributed by atoms with van der Waals surface area (Å²) in [5.41, 5.74) is 6.32. The number of thioether (sulfide) groups is 1. The van der Waals surface area contributed by atoms with Gasteiger partial charge in [0.05, 0.1) is 12.3 Å². The average Bonchev–Trinajstić information content (AvgIpc) is 2.38. The molecule has 1 amide bonds. The minimum atomic E-state index is -3.44. The lowest BCUT2D eigenvalue weighted by Gasteiger charge is -2.18. The van der Waals surface area contributed by atoms with E-state index in [9.17, 15) is 13.2 Å². The van der Waals surface area contributed by atoms with Crippen molar-refractivity contribution in [1.29, 1.82) is 0 Å². The first-order chi connectivity index (χ1) is 9.72. The molecule has 0 heterocycles. The van der Waals surface area contributed by atoms with Crippen LogP contribution in [-0.4, -0.2) is 62.7 Å². The third-order valence-electron chi connectivity index (χ3n) is 2.80. The molecule has 1 aromatic carbocycles. The van der Waals surface area contributed by atoms with Gasteiger partial charge >= 0.3 is 0 Å². The van der Waals surface area contributed by atoms with Crippen LogP contribution in [0.2, 0.25) is 0 Å². The number of benzene rings is 1. The van der Waals surface area contributed by atoms with Crippen LogP contribution in [0.15, 0.2) is 29.2 Å². The summed E-state index contributed by atoms with van der Waals surface area (Å²) in [5, 5.41) is 0. The smallest absolute Gasteiger partial charge is 0.237 e. The van der Waals surface area contributed by atoms with E-state index in [-0.39, 0.29) is 18.2 Å². The van der Waals surface area contributed by atoms with Gasteiger partial charge in [-0.05, 0) is 18.2 Å². The van der Waals surface area contributed by atoms with Gasteiger partial charge in [-0.3, -0.25) is 4.79 Å². The summed E-state index contributed by atoms with van der Waals surface area (Å²) in [6.07, 6.45) is 0. The van der Waals surface area contributed by atoms with E-state index in [4.69, 9.17) is 5.73 Å². The fourth-order valence-electron chi connectivity index (χ4n) is 1.46. The molecule has 0 radical (unpaired) electrons. The second-order valence-corrected chi connectivity index (χ2v) is 8.14. The number of amides is 1. The number of anilines is 1. The highest BCUT2D eigenvalue weighted by atomic mass is 32.2. The van der Waals surface area contributed by atoms with Crippen molar-refractivity contribution in [3.8, 4) is 0 Å². The average molecular weight is 331 g/mol. The lowest BCUT2D eigenvalue weighted by Crippen LogP contribution is -2.39. The van der Waals surface area contributed by atoms with Gasteiger partial charge in [0.1, 0.15) is 0 Å². The molecule has 0 aromatic heterocycles. The molecule has 8 heteroatoms. The van der Waals surface area contributed by atoms with E-state index < -0.39 is 10.0 Å². The molecular formula is C13H21N3O3S2. The quantitative estimate of drug-likeness (QED) is 0.588. The number of nitrogens with two attached hydrogens (primary N) is 1. The number of hydrogen-bond acceptors (Lipinski definition) is 5. The molecule has 1 aromatic rings. The zero-order valence-corrected chi connectivity index (χ0v) is 14.1. The van der Waals surface area contributed by atoms with Gasteiger partial charge in [-0.15, -0.1) is 11.8 Å². The number of nitrogen functional groups attached to an aromatic ring is 1. The van der Waals surface area contributed by atoms with Crippen molar-refractivity contribution in [3.05, 3.63) is 24.3 Å². The van der Waals surface area contributed by atoms with Crippen LogP contribution in [0.4, 0.5) is 5.69 Å². The zero-order chi connectivity index (χ0) is 16.0. The highest BCUT2D eigenvalue weighted by Crippen LogP contribution is 2.20. The van der Waals surface area contributed by atoms with Gasteiger partial charge in [0.15, 0.2) is 0 Å². The normalized spacial score (nSPS) is 11.6. The van der Waals surface area contributed by atoms with Crippen molar-refractivity contribution in [2.24, 2.45) is 0 Å². The first-order valence-electron chi connectivity index (χ1n) is 6.35. The van der Waals surface area contributed by atoms with Crippen LogP contribution in [0.25, 0.3) is 0 Å². The van der Waals surface area contributed by atoms with Crippen molar-refractivity contribution < 1.29 is 13.2 Å². The van der Waals surface area contributed by atoms with E-state index >= 15 is 0 Å². The summed E-state index contributed by atoms with van der Waals surface area (Å²) in [6.45, 7) is -0.141. The van der Waals surface area contributed by atoms with Gasteiger partial charge in [-0.2, -0.15) is 4.31 Å². The number of carbonyl (C=O) groups is 1. The maximum atomic E-state index is 12.1. The fourth-order valence-corrected chi connectivity index (χ4v) is 3.88. The van der Waals surface area contributed by atoms with Crippen LogP contribution < -0.4 is 5.73 Å². The Kier molecular flexibility index (Phi) is 6.50. The first-order valence-corrected chi connectivity index (χ1v) is 8.94. The molecule has 0 spiro atoms. The molecule has 0 bridgehead atoms. The Hall–Kier alpha value is -1.25. The number of likely N-dealkylation sites (N-methyl/N-ethyl adjacent to an activating group) is 2. The molecule has 0 aliphatic rings. The number of hydrogen-bond donors (Lipinski definition) is 1. The number of sulfonamides is 1. The standard InChI is InChI=1S/C13H21N3O3S2/c1-15(2)13(17)10-16(3)21(18,19)8-7-20-12-6-4-5-11(14)9-12/h4-6,9H,7-8,10,14H2,1-3H3. The summed E-state index contributed by atoms with van der Waals surface area (Å²) >= 11 is 1.42. The molecule has 118 valence electrons. The van der Waals surface area contributed by atoms with Gasteiger partial charge in [0.25, 0.3) is 0 Å². The zero-order valence-electron chi connectivity index (χ0n) is 12.4. The molecule has 0 fully saturated rings. The molecule has 21 heavy (non-hydrogen) atoms. The van der Waals surface area contributed by atoms with Crippen molar-refractivity contribution in [2.45, 2.75) is 4.90 Å². The van der Waals surface area contributed by atoms with E-state index in [1.165, 1.54) is 23.7 Å². The van der Waals surface area contributed by atoms with E-state index in [2.05, 4.69) is 0 Å². The number of nitrogens with zero attached hydrogens (tertiary/aromatic N) is 2. The SMILES string of the molecule is CN(C)C(=O)CN(C)S(=O)(=O)CCSc1cccc(N)c1. The third kappa shape index (κ3) is 5.94. The topological polar surface area (TPSA) is 83.7 Å². The fraction of sp³-hybridized carbons (Fsp3) is 0.462. The van der Waals surface area contributed by atoms with Gasteiger partial charge in [0.2, 0.25) is 15.9 Å². The molecule has 0 unspecified atom stereocenters. The molecule has 0 aliphatic carbocycles. The van der Waals surface area contributed by atoms with E-state index in [0.717, 1.165) is 9.20 Å². The minimum Gasteiger partial charge on any atom is -0.399 e. The monoisotopic (exact) mass is 331 g/mol. The van der Waals surface area contributed by atoms with Gasteiger partial charge < -0.3 is 10.6 Å². The lowest BCUT2D eigenvalue weighted by atomic mass is 10.3. The Labute approximate surface area is 130 Å². The Morgan fingerprint density at radius 1 is 1.29 bits per heavy atom. The summed E-state index contributed by atoms with van der Waals surface area (Å²) in [7, 11) is 1.17. The van der Waals surface area contributed by atoms with E-state index in [1.807, 2.05) is 12.1 Å². The first kappa shape index (κ1) is 17.8. The van der Waals surface area contributed by atoms with Crippen LogP contribution >= 0.6 is 11.8 Å². The van der Waals surface area contributed by atoms with Crippen molar-refractivity contribution in [3.63, 3.8) is 0 Å². The molecule has 0 aliphatic heterocycles. The Bertz CT molecular complexity index is 588. The largest absolute Gasteiger partial charge is 0.399 e. The summed E-state index contributed by atoms with van der Waals surface area (Å²) in [6, 6.07) is 7.29. The van der Waals surface area contributed by atoms with E-state index in [0.29, 0.717) is 11.4 Å². The second kappa shape index (κ2) is 7.67. The third-order valence-corrected chi connectivity index (χ3v) is 5.85. The van der Waals surface area contributed by atoms with E-state index in [1.54, 1.807) is 26.2 Å². The summed E-state index contributed by atoms with van der Waals surface area (Å²) < 4.78 is 25.2. The van der Waals surface area contributed by atoms with Crippen LogP contribution in [-0.2, 0) is 14.8 Å². The molecule has 1 rings (SSSR count). The Morgan fingerprint density at radius 2 is 1.95 bits per heavy atom. The van der Waals surface area contributed by atoms with Crippen molar-refractivity contribution in [2.75, 3.05) is 44.9 Å². The molecule has 0 atom stereocenters. The Morgan fingerprint density at radius 3 is 2.52 bits per heavy atom. The van der Waals surface area contributed by atoms with Crippen LogP contribution in [0, 0.1) is 0 Å². The molecule has 0 saturated heterocycles. The van der Waals surface area contributed by atoms with Crippen LogP contribution in [0.3, 0.4) is 0 Å². The number of carbonyl (C=O) groups excluding carboxylic acids is 1. The lowest BCUT2D eigenvalue weighted by molar-refractivity contribution is -0.128. The van der Waals surface area contributed by atoms with Gasteiger partial charge in [0, 0.05) is 37.5 Å². The highest BCUT2D eigenvalue weighted by Gasteiger charge is 2.21. The maximum Gasteiger partial charge on any atom is 0.237 e.